The summed E-state index contributed by atoms with van der Waals surface area (Å²) in [4.78, 5) is 27.7. The minimum atomic E-state index is -0.751. The number of fused-ring (bicyclic) bond motifs is 2. The molecule has 2 aromatic carbocycles. The molecule has 146 valence electrons. The zero-order valence-corrected chi connectivity index (χ0v) is 16.1. The summed E-state index contributed by atoms with van der Waals surface area (Å²) in [5.41, 5.74) is 1.36. The lowest BCUT2D eigenvalue weighted by molar-refractivity contribution is -0.120. The van der Waals surface area contributed by atoms with Gasteiger partial charge < -0.3 is 24.4 Å². The first kappa shape index (κ1) is 18.2. The molecular weight excluding hydrogens is 360 g/mol. The number of benzene rings is 2. The zero-order valence-electron chi connectivity index (χ0n) is 16.1. The van der Waals surface area contributed by atoms with Gasteiger partial charge in [0.2, 0.25) is 5.91 Å². The Kier molecular flexibility index (Phi) is 4.37. The lowest BCUT2D eigenvalue weighted by Crippen LogP contribution is -2.39. The number of methoxy groups -OCH3 is 3. The monoisotopic (exact) mass is 382 g/mol. The molecule has 0 unspecified atom stereocenters. The average molecular weight is 382 g/mol. The molecule has 1 N–H and O–H groups in total. The van der Waals surface area contributed by atoms with Crippen molar-refractivity contribution in [3.8, 4) is 17.2 Å². The summed E-state index contributed by atoms with van der Waals surface area (Å²) in [6, 6.07) is 10.6. The third kappa shape index (κ3) is 2.66. The highest BCUT2D eigenvalue weighted by atomic mass is 16.5. The lowest BCUT2D eigenvalue weighted by Gasteiger charge is -2.23. The van der Waals surface area contributed by atoms with E-state index in [1.807, 2.05) is 18.2 Å². The molecule has 0 radical (unpaired) electrons. The van der Waals surface area contributed by atoms with E-state index in [1.54, 1.807) is 37.3 Å². The summed E-state index contributed by atoms with van der Waals surface area (Å²) < 4.78 is 15.9. The van der Waals surface area contributed by atoms with Crippen molar-refractivity contribution in [1.29, 1.82) is 0 Å². The number of likely N-dealkylation sites (tertiary alicyclic amines) is 1. The number of hydrogen-bond acceptors (Lipinski definition) is 5. The Labute approximate surface area is 163 Å². The van der Waals surface area contributed by atoms with Gasteiger partial charge in [0, 0.05) is 24.8 Å². The van der Waals surface area contributed by atoms with Crippen molar-refractivity contribution in [2.24, 2.45) is 0 Å². The van der Waals surface area contributed by atoms with E-state index in [2.05, 4.69) is 5.32 Å². The Balaban J connectivity index is 1.65. The van der Waals surface area contributed by atoms with Gasteiger partial charge in [-0.1, -0.05) is 0 Å². The zero-order chi connectivity index (χ0) is 19.9. The molecule has 1 saturated heterocycles. The van der Waals surface area contributed by atoms with Crippen molar-refractivity contribution in [3.05, 3.63) is 47.5 Å². The standard InChI is InChI=1S/C21H22N2O5/c1-26-13-5-7-17-16(10-13)21(20(25)22-17)8-9-23(12-21)19(24)15-6-4-14(27-2)11-18(15)28-3/h4-7,10-11H,8-9,12H2,1-3H3,(H,22,25)/t21-/m0/s1. The molecule has 0 saturated carbocycles. The van der Waals surface area contributed by atoms with Gasteiger partial charge in [0.25, 0.3) is 5.91 Å². The Hall–Kier alpha value is -3.22. The van der Waals surface area contributed by atoms with Crippen LogP contribution in [-0.2, 0) is 10.2 Å². The fourth-order valence-corrected chi connectivity index (χ4v) is 4.05. The summed E-state index contributed by atoms with van der Waals surface area (Å²) >= 11 is 0. The molecule has 1 fully saturated rings. The summed E-state index contributed by atoms with van der Waals surface area (Å²) in [6.07, 6.45) is 0.559. The summed E-state index contributed by atoms with van der Waals surface area (Å²) in [5.74, 6) is 1.51. The van der Waals surface area contributed by atoms with Crippen LogP contribution in [0.1, 0.15) is 22.3 Å². The van der Waals surface area contributed by atoms with Crippen LogP contribution in [0.4, 0.5) is 5.69 Å². The highest BCUT2D eigenvalue weighted by molar-refractivity contribution is 6.08. The van der Waals surface area contributed by atoms with E-state index in [0.29, 0.717) is 42.3 Å². The minimum absolute atomic E-state index is 0.0762. The van der Waals surface area contributed by atoms with Crippen LogP contribution in [0.5, 0.6) is 17.2 Å². The highest BCUT2D eigenvalue weighted by Crippen LogP contribution is 2.46. The van der Waals surface area contributed by atoms with E-state index < -0.39 is 5.41 Å². The van der Waals surface area contributed by atoms with E-state index >= 15 is 0 Å². The fraction of sp³-hybridized carbons (Fsp3) is 0.333. The number of carbonyl (C=O) groups is 2. The van der Waals surface area contributed by atoms with E-state index in [1.165, 1.54) is 7.11 Å². The van der Waals surface area contributed by atoms with Crippen LogP contribution < -0.4 is 19.5 Å². The fourth-order valence-electron chi connectivity index (χ4n) is 4.05. The first-order valence-corrected chi connectivity index (χ1v) is 9.03. The molecule has 2 aliphatic rings. The summed E-state index contributed by atoms with van der Waals surface area (Å²) in [7, 11) is 4.67. The largest absolute Gasteiger partial charge is 0.497 e. The molecule has 1 spiro atoms. The lowest BCUT2D eigenvalue weighted by atomic mass is 9.81. The maximum Gasteiger partial charge on any atom is 0.257 e. The molecule has 2 amide bonds. The van der Waals surface area contributed by atoms with Crippen molar-refractivity contribution in [1.82, 2.24) is 4.90 Å². The van der Waals surface area contributed by atoms with Gasteiger partial charge in [-0.2, -0.15) is 0 Å². The maximum absolute atomic E-state index is 13.2. The highest BCUT2D eigenvalue weighted by Gasteiger charge is 2.52. The van der Waals surface area contributed by atoms with E-state index in [9.17, 15) is 9.59 Å². The third-order valence-corrected chi connectivity index (χ3v) is 5.62. The average Bonchev–Trinajstić information content (AvgIpc) is 3.29. The van der Waals surface area contributed by atoms with Gasteiger partial charge in [-0.05, 0) is 42.3 Å². The second-order valence-electron chi connectivity index (χ2n) is 6.99. The van der Waals surface area contributed by atoms with Gasteiger partial charge in [0.05, 0.1) is 32.3 Å². The van der Waals surface area contributed by atoms with Gasteiger partial charge in [0.15, 0.2) is 0 Å². The van der Waals surface area contributed by atoms with E-state index in [-0.39, 0.29) is 11.8 Å². The van der Waals surface area contributed by atoms with Crippen molar-refractivity contribution in [2.45, 2.75) is 11.8 Å². The van der Waals surface area contributed by atoms with Crippen molar-refractivity contribution in [3.63, 3.8) is 0 Å². The number of nitrogens with one attached hydrogen (secondary N) is 1. The molecule has 0 aliphatic carbocycles. The first-order chi connectivity index (χ1) is 13.5. The molecule has 0 aromatic heterocycles. The predicted molar refractivity (Wildman–Crippen MR) is 103 cm³/mol. The Morgan fingerprint density at radius 2 is 1.75 bits per heavy atom. The molecule has 28 heavy (non-hydrogen) atoms. The third-order valence-electron chi connectivity index (χ3n) is 5.62. The SMILES string of the molecule is COc1ccc(C(=O)N2CC[C@@]3(C2)C(=O)Nc2ccc(OC)cc23)c(OC)c1. The summed E-state index contributed by atoms with van der Waals surface area (Å²) in [5, 5.41) is 2.94. The molecular formula is C21H22N2O5. The number of rotatable bonds is 4. The number of carbonyl (C=O) groups excluding carboxylic acids is 2. The van der Waals surface area contributed by atoms with Crippen molar-refractivity contribution < 1.29 is 23.8 Å². The van der Waals surface area contributed by atoms with Crippen LogP contribution in [0.15, 0.2) is 36.4 Å². The smallest absolute Gasteiger partial charge is 0.257 e. The van der Waals surface area contributed by atoms with Crippen molar-refractivity contribution in [2.75, 3.05) is 39.7 Å². The Morgan fingerprint density at radius 1 is 1.04 bits per heavy atom. The Morgan fingerprint density at radius 3 is 2.46 bits per heavy atom. The van der Waals surface area contributed by atoms with Crippen LogP contribution in [0.3, 0.4) is 0 Å². The van der Waals surface area contributed by atoms with Gasteiger partial charge in [-0.15, -0.1) is 0 Å². The van der Waals surface area contributed by atoms with E-state index in [4.69, 9.17) is 14.2 Å². The number of anilines is 1. The minimum Gasteiger partial charge on any atom is -0.497 e. The first-order valence-electron chi connectivity index (χ1n) is 9.03. The topological polar surface area (TPSA) is 77.1 Å². The van der Waals surface area contributed by atoms with Gasteiger partial charge >= 0.3 is 0 Å². The van der Waals surface area contributed by atoms with Crippen LogP contribution in [0.25, 0.3) is 0 Å². The van der Waals surface area contributed by atoms with Gasteiger partial charge in [0.1, 0.15) is 17.2 Å². The molecule has 2 heterocycles. The number of nitrogens with zero attached hydrogens (tertiary/aromatic N) is 1. The van der Waals surface area contributed by atoms with Crippen LogP contribution >= 0.6 is 0 Å². The molecule has 7 heteroatoms. The Bertz CT molecular complexity index is 958. The molecule has 4 rings (SSSR count). The normalized spacial score (nSPS) is 20.1. The second-order valence-corrected chi connectivity index (χ2v) is 6.99. The molecule has 1 atom stereocenters. The molecule has 7 nitrogen and oxygen atoms in total. The quantitative estimate of drug-likeness (QED) is 0.879. The predicted octanol–water partition coefficient (Wildman–Crippen LogP) is 2.45. The number of ether oxygens (including phenoxy) is 3. The molecule has 0 bridgehead atoms. The number of amides is 2. The van der Waals surface area contributed by atoms with Crippen LogP contribution in [-0.4, -0.2) is 51.1 Å². The number of hydrogen-bond donors (Lipinski definition) is 1. The second kappa shape index (κ2) is 6.74. The summed E-state index contributed by atoms with van der Waals surface area (Å²) in [6.45, 7) is 0.797. The molecule has 2 aliphatic heterocycles. The molecule has 2 aromatic rings. The van der Waals surface area contributed by atoms with Crippen molar-refractivity contribution >= 4 is 17.5 Å². The van der Waals surface area contributed by atoms with Crippen LogP contribution in [0.2, 0.25) is 0 Å². The van der Waals surface area contributed by atoms with Gasteiger partial charge in [-0.3, -0.25) is 9.59 Å². The maximum atomic E-state index is 13.2. The van der Waals surface area contributed by atoms with Crippen LogP contribution in [0, 0.1) is 0 Å². The van der Waals surface area contributed by atoms with Gasteiger partial charge in [-0.25, -0.2) is 0 Å². The van der Waals surface area contributed by atoms with E-state index in [0.717, 1.165) is 11.3 Å².